The predicted molar refractivity (Wildman–Crippen MR) is 45.8 cm³/mol. The van der Waals surface area contributed by atoms with E-state index in [2.05, 4.69) is 0 Å². The molecular formula is C8H9ClF3NO. The number of carbonyl (C=O) groups excluding carboxylic acids is 1. The summed E-state index contributed by atoms with van der Waals surface area (Å²) in [5, 5.41) is -2.03. The van der Waals surface area contributed by atoms with Crippen molar-refractivity contribution in [3.63, 3.8) is 0 Å². The SMILES string of the molecule is O=C1CCCN1/C=C\C(Cl)C(F)(F)F. The highest BCUT2D eigenvalue weighted by atomic mass is 35.5. The van der Waals surface area contributed by atoms with Crippen LogP contribution in [0.3, 0.4) is 0 Å². The van der Waals surface area contributed by atoms with Crippen LogP contribution < -0.4 is 0 Å². The van der Waals surface area contributed by atoms with E-state index in [9.17, 15) is 18.0 Å². The fourth-order valence-electron chi connectivity index (χ4n) is 1.12. The molecule has 1 aliphatic rings. The molecule has 0 N–H and O–H groups in total. The average Bonchev–Trinajstić information content (AvgIpc) is 2.45. The minimum Gasteiger partial charge on any atom is -0.319 e. The number of carbonyl (C=O) groups is 1. The van der Waals surface area contributed by atoms with E-state index >= 15 is 0 Å². The molecule has 80 valence electrons. The number of hydrogen-bond donors (Lipinski definition) is 0. The van der Waals surface area contributed by atoms with Crippen molar-refractivity contribution in [2.45, 2.75) is 24.4 Å². The van der Waals surface area contributed by atoms with Gasteiger partial charge in [-0.25, -0.2) is 0 Å². The number of alkyl halides is 4. The van der Waals surface area contributed by atoms with Crippen molar-refractivity contribution in [1.82, 2.24) is 4.90 Å². The summed E-state index contributed by atoms with van der Waals surface area (Å²) < 4.78 is 35.8. The highest BCUT2D eigenvalue weighted by molar-refractivity contribution is 6.22. The number of halogens is 4. The van der Waals surface area contributed by atoms with Crippen molar-refractivity contribution in [2.24, 2.45) is 0 Å². The lowest BCUT2D eigenvalue weighted by molar-refractivity contribution is -0.126. The van der Waals surface area contributed by atoms with Gasteiger partial charge in [0.2, 0.25) is 5.91 Å². The highest BCUT2D eigenvalue weighted by Crippen LogP contribution is 2.26. The molecule has 0 aromatic rings. The van der Waals surface area contributed by atoms with Gasteiger partial charge in [-0.2, -0.15) is 13.2 Å². The van der Waals surface area contributed by atoms with Crippen LogP contribution in [0.1, 0.15) is 12.8 Å². The molecule has 14 heavy (non-hydrogen) atoms. The van der Waals surface area contributed by atoms with E-state index in [4.69, 9.17) is 11.6 Å². The molecule has 0 aromatic carbocycles. The van der Waals surface area contributed by atoms with Gasteiger partial charge in [-0.1, -0.05) is 0 Å². The minimum absolute atomic E-state index is 0.160. The average molecular weight is 228 g/mol. The van der Waals surface area contributed by atoms with Crippen molar-refractivity contribution < 1.29 is 18.0 Å². The van der Waals surface area contributed by atoms with Gasteiger partial charge in [0.25, 0.3) is 0 Å². The summed E-state index contributed by atoms with van der Waals surface area (Å²) in [6.07, 6.45) is -1.49. The molecule has 0 aliphatic carbocycles. The third kappa shape index (κ3) is 2.90. The van der Waals surface area contributed by atoms with Gasteiger partial charge >= 0.3 is 6.18 Å². The van der Waals surface area contributed by atoms with Gasteiger partial charge < -0.3 is 4.90 Å². The summed E-state index contributed by atoms with van der Waals surface area (Å²) >= 11 is 5.03. The normalized spacial score (nSPS) is 20.9. The van der Waals surface area contributed by atoms with Crippen LogP contribution >= 0.6 is 11.6 Å². The number of hydrogen-bond acceptors (Lipinski definition) is 1. The van der Waals surface area contributed by atoms with Gasteiger partial charge in [-0.05, 0) is 12.5 Å². The first-order valence-electron chi connectivity index (χ1n) is 4.10. The Morgan fingerprint density at radius 3 is 2.57 bits per heavy atom. The Bertz CT molecular complexity index is 251. The van der Waals surface area contributed by atoms with Gasteiger partial charge in [0, 0.05) is 19.2 Å². The molecule has 1 saturated heterocycles. The number of amides is 1. The van der Waals surface area contributed by atoms with Crippen molar-refractivity contribution in [3.05, 3.63) is 12.3 Å². The quantitative estimate of drug-likeness (QED) is 0.663. The van der Waals surface area contributed by atoms with Crippen LogP contribution in [0.15, 0.2) is 12.3 Å². The molecule has 0 radical (unpaired) electrons. The molecule has 0 saturated carbocycles. The van der Waals surface area contributed by atoms with Crippen LogP contribution in [0.4, 0.5) is 13.2 Å². The number of likely N-dealkylation sites (tertiary alicyclic amines) is 1. The Balaban J connectivity index is 2.51. The van der Waals surface area contributed by atoms with E-state index in [0.29, 0.717) is 19.4 Å². The molecule has 1 amide bonds. The summed E-state index contributed by atoms with van der Waals surface area (Å²) in [6, 6.07) is 0. The maximum atomic E-state index is 11.9. The summed E-state index contributed by atoms with van der Waals surface area (Å²) in [5.41, 5.74) is 0. The second-order valence-electron chi connectivity index (χ2n) is 2.98. The van der Waals surface area contributed by atoms with E-state index in [1.165, 1.54) is 4.90 Å². The zero-order valence-electron chi connectivity index (χ0n) is 7.22. The molecule has 0 aromatic heterocycles. The van der Waals surface area contributed by atoms with Crippen molar-refractivity contribution in [2.75, 3.05) is 6.54 Å². The van der Waals surface area contributed by atoms with Crippen LogP contribution in [-0.4, -0.2) is 28.9 Å². The second kappa shape index (κ2) is 4.21. The summed E-state index contributed by atoms with van der Waals surface area (Å²) in [5.74, 6) is -0.160. The largest absolute Gasteiger partial charge is 0.408 e. The molecule has 1 rings (SSSR count). The van der Waals surface area contributed by atoms with Crippen molar-refractivity contribution in [3.8, 4) is 0 Å². The first-order chi connectivity index (χ1) is 6.41. The third-order valence-corrected chi connectivity index (χ3v) is 2.25. The first-order valence-corrected chi connectivity index (χ1v) is 4.53. The van der Waals surface area contributed by atoms with Crippen LogP contribution in [0.5, 0.6) is 0 Å². The minimum atomic E-state index is -4.46. The van der Waals surface area contributed by atoms with E-state index in [1.807, 2.05) is 0 Å². The van der Waals surface area contributed by atoms with E-state index in [-0.39, 0.29) is 5.91 Å². The Kier molecular flexibility index (Phi) is 3.42. The number of rotatable bonds is 2. The van der Waals surface area contributed by atoms with Crippen LogP contribution in [-0.2, 0) is 4.79 Å². The molecule has 0 spiro atoms. The van der Waals surface area contributed by atoms with E-state index < -0.39 is 11.6 Å². The van der Waals surface area contributed by atoms with Gasteiger partial charge in [0.1, 0.15) is 5.38 Å². The van der Waals surface area contributed by atoms with Gasteiger partial charge in [0.05, 0.1) is 0 Å². The van der Waals surface area contributed by atoms with Crippen LogP contribution in [0.25, 0.3) is 0 Å². The standard InChI is InChI=1S/C8H9ClF3NO/c9-6(8(10,11)12)3-5-13-4-1-2-7(13)14/h3,5-6H,1-2,4H2/b5-3-. The molecule has 1 aliphatic heterocycles. The molecule has 2 nitrogen and oxygen atoms in total. The van der Waals surface area contributed by atoms with Crippen molar-refractivity contribution >= 4 is 17.5 Å². The zero-order valence-corrected chi connectivity index (χ0v) is 7.98. The lowest BCUT2D eigenvalue weighted by atomic mass is 10.4. The van der Waals surface area contributed by atoms with Gasteiger partial charge in [-0.15, -0.1) is 11.6 Å². The lowest BCUT2D eigenvalue weighted by Gasteiger charge is -2.12. The van der Waals surface area contributed by atoms with Crippen molar-refractivity contribution in [1.29, 1.82) is 0 Å². The zero-order chi connectivity index (χ0) is 10.8. The Labute approximate surface area is 84.3 Å². The predicted octanol–water partition coefficient (Wildman–Crippen LogP) is 2.29. The van der Waals surface area contributed by atoms with Gasteiger partial charge in [-0.3, -0.25) is 4.79 Å². The maximum Gasteiger partial charge on any atom is 0.408 e. The lowest BCUT2D eigenvalue weighted by Crippen LogP contribution is -2.23. The Morgan fingerprint density at radius 1 is 1.50 bits per heavy atom. The third-order valence-electron chi connectivity index (χ3n) is 1.86. The molecule has 0 bridgehead atoms. The molecule has 1 atom stereocenters. The smallest absolute Gasteiger partial charge is 0.319 e. The molecule has 6 heteroatoms. The number of allylic oxidation sites excluding steroid dienone is 1. The molecular weight excluding hydrogens is 219 g/mol. The highest BCUT2D eigenvalue weighted by Gasteiger charge is 2.36. The molecule has 1 heterocycles. The summed E-state index contributed by atoms with van der Waals surface area (Å²) in [6.45, 7) is 0.469. The number of nitrogens with zero attached hydrogens (tertiary/aromatic N) is 1. The Morgan fingerprint density at radius 2 is 2.14 bits per heavy atom. The topological polar surface area (TPSA) is 20.3 Å². The first kappa shape index (κ1) is 11.4. The second-order valence-corrected chi connectivity index (χ2v) is 3.45. The Hall–Kier alpha value is -0.710. The maximum absolute atomic E-state index is 11.9. The van der Waals surface area contributed by atoms with E-state index in [0.717, 1.165) is 12.3 Å². The van der Waals surface area contributed by atoms with Crippen LogP contribution in [0.2, 0.25) is 0 Å². The van der Waals surface area contributed by atoms with Crippen LogP contribution in [0, 0.1) is 0 Å². The molecule has 1 fully saturated rings. The summed E-state index contributed by atoms with van der Waals surface area (Å²) in [7, 11) is 0. The monoisotopic (exact) mass is 227 g/mol. The molecule has 1 unspecified atom stereocenters. The van der Waals surface area contributed by atoms with Gasteiger partial charge in [0.15, 0.2) is 0 Å². The fraction of sp³-hybridized carbons (Fsp3) is 0.625. The fourth-order valence-corrected chi connectivity index (χ4v) is 1.18. The van der Waals surface area contributed by atoms with E-state index in [1.54, 1.807) is 0 Å². The summed E-state index contributed by atoms with van der Waals surface area (Å²) in [4.78, 5) is 12.2.